The Balaban J connectivity index is 1.89. The van der Waals surface area contributed by atoms with Gasteiger partial charge in [0.25, 0.3) is 0 Å². The fourth-order valence-electron chi connectivity index (χ4n) is 3.10. The largest absolute Gasteiger partial charge is 0.355 e. The first-order chi connectivity index (χ1) is 11.4. The van der Waals surface area contributed by atoms with Crippen molar-refractivity contribution in [2.75, 3.05) is 18.0 Å². The second-order valence-electron chi connectivity index (χ2n) is 6.21. The van der Waals surface area contributed by atoms with Crippen molar-refractivity contribution < 1.29 is 18.0 Å². The Kier molecular flexibility index (Phi) is 4.60. The van der Waals surface area contributed by atoms with Crippen LogP contribution in [0.1, 0.15) is 31.2 Å². The highest BCUT2D eigenvalue weighted by molar-refractivity contribution is 7.89. The van der Waals surface area contributed by atoms with Crippen molar-refractivity contribution in [2.24, 2.45) is 0 Å². The van der Waals surface area contributed by atoms with Gasteiger partial charge in [-0.3, -0.25) is 9.59 Å². The number of carbonyl (C=O) groups excluding carboxylic acids is 2. The molecule has 24 heavy (non-hydrogen) atoms. The standard InChI is InChI=1S/C16H21N3O4S/c1-11-6-7-12(19-9-3-5-15(19)20)10-14(11)24(22,23)18-13-4-2-8-17-16(13)21/h6-7,10,13,18H,2-5,8-9H2,1H3,(H,17,21)/t13-/m0/s1. The molecule has 1 atom stereocenters. The summed E-state index contributed by atoms with van der Waals surface area (Å²) in [6.45, 7) is 2.87. The number of anilines is 1. The Labute approximate surface area is 141 Å². The van der Waals surface area contributed by atoms with Gasteiger partial charge in [-0.05, 0) is 43.9 Å². The number of rotatable bonds is 4. The van der Waals surface area contributed by atoms with Crippen LogP contribution in [0.4, 0.5) is 5.69 Å². The van der Waals surface area contributed by atoms with Crippen LogP contribution >= 0.6 is 0 Å². The molecule has 0 spiro atoms. The van der Waals surface area contributed by atoms with Gasteiger partial charge in [-0.25, -0.2) is 8.42 Å². The predicted octanol–water partition coefficient (Wildman–Crippen LogP) is 0.679. The zero-order valence-corrected chi connectivity index (χ0v) is 14.4. The fourth-order valence-corrected chi connectivity index (χ4v) is 4.60. The summed E-state index contributed by atoms with van der Waals surface area (Å²) in [5.41, 5.74) is 1.16. The van der Waals surface area contributed by atoms with Crippen molar-refractivity contribution in [1.82, 2.24) is 10.0 Å². The monoisotopic (exact) mass is 351 g/mol. The molecule has 2 heterocycles. The topological polar surface area (TPSA) is 95.6 Å². The summed E-state index contributed by atoms with van der Waals surface area (Å²) in [4.78, 5) is 25.4. The average Bonchev–Trinajstić information content (AvgIpc) is 2.96. The molecule has 0 saturated carbocycles. The molecule has 1 aromatic rings. The third-order valence-corrected chi connectivity index (χ3v) is 6.04. The van der Waals surface area contributed by atoms with Gasteiger partial charge in [0.1, 0.15) is 6.04 Å². The molecule has 2 amide bonds. The number of piperidine rings is 1. The van der Waals surface area contributed by atoms with Crippen molar-refractivity contribution in [3.8, 4) is 0 Å². The summed E-state index contributed by atoms with van der Waals surface area (Å²) < 4.78 is 27.9. The van der Waals surface area contributed by atoms with Crippen LogP contribution in [0.2, 0.25) is 0 Å². The molecule has 8 heteroatoms. The van der Waals surface area contributed by atoms with Gasteiger partial charge >= 0.3 is 0 Å². The van der Waals surface area contributed by atoms with E-state index in [1.54, 1.807) is 24.0 Å². The lowest BCUT2D eigenvalue weighted by Gasteiger charge is -2.23. The van der Waals surface area contributed by atoms with Crippen LogP contribution in [0, 0.1) is 6.92 Å². The van der Waals surface area contributed by atoms with Gasteiger partial charge in [-0.1, -0.05) is 6.07 Å². The maximum absolute atomic E-state index is 12.7. The third-order valence-electron chi connectivity index (χ3n) is 4.43. The van der Waals surface area contributed by atoms with E-state index < -0.39 is 16.1 Å². The lowest BCUT2D eigenvalue weighted by Crippen LogP contribution is -2.50. The van der Waals surface area contributed by atoms with Gasteiger partial charge < -0.3 is 10.2 Å². The molecule has 2 aliphatic heterocycles. The van der Waals surface area contributed by atoms with Crippen molar-refractivity contribution in [1.29, 1.82) is 0 Å². The summed E-state index contributed by atoms with van der Waals surface area (Å²) in [6, 6.07) is 4.21. The first-order valence-electron chi connectivity index (χ1n) is 8.09. The normalized spacial score (nSPS) is 21.9. The van der Waals surface area contributed by atoms with Crippen LogP contribution in [0.5, 0.6) is 0 Å². The summed E-state index contributed by atoms with van der Waals surface area (Å²) in [5.74, 6) is -0.296. The number of hydrogen-bond donors (Lipinski definition) is 2. The maximum Gasteiger partial charge on any atom is 0.241 e. The van der Waals surface area contributed by atoms with Crippen molar-refractivity contribution in [2.45, 2.75) is 43.5 Å². The van der Waals surface area contributed by atoms with E-state index in [2.05, 4.69) is 10.0 Å². The zero-order valence-electron chi connectivity index (χ0n) is 13.5. The molecular formula is C16H21N3O4S. The summed E-state index contributed by atoms with van der Waals surface area (Å²) in [6.07, 6.45) is 2.47. The second-order valence-corrected chi connectivity index (χ2v) is 7.89. The molecule has 7 nitrogen and oxygen atoms in total. The van der Waals surface area contributed by atoms with Gasteiger partial charge in [-0.15, -0.1) is 0 Å². The van der Waals surface area contributed by atoms with E-state index in [9.17, 15) is 18.0 Å². The molecule has 1 aromatic carbocycles. The summed E-state index contributed by atoms with van der Waals surface area (Å²) >= 11 is 0. The third kappa shape index (κ3) is 3.29. The Hall–Kier alpha value is -1.93. The fraction of sp³-hybridized carbons (Fsp3) is 0.500. The second kappa shape index (κ2) is 6.52. The van der Waals surface area contributed by atoms with E-state index in [-0.39, 0.29) is 16.7 Å². The number of hydrogen-bond acceptors (Lipinski definition) is 4. The van der Waals surface area contributed by atoms with Crippen LogP contribution in [0.15, 0.2) is 23.1 Å². The molecule has 0 unspecified atom stereocenters. The maximum atomic E-state index is 12.7. The van der Waals surface area contributed by atoms with E-state index in [1.807, 2.05) is 0 Å². The minimum Gasteiger partial charge on any atom is -0.355 e. The minimum atomic E-state index is -3.84. The van der Waals surface area contributed by atoms with Crippen molar-refractivity contribution >= 4 is 27.5 Å². The molecule has 130 valence electrons. The highest BCUT2D eigenvalue weighted by Crippen LogP contribution is 2.26. The van der Waals surface area contributed by atoms with Crippen molar-refractivity contribution in [3.05, 3.63) is 23.8 Å². The van der Waals surface area contributed by atoms with Crippen LogP contribution in [-0.2, 0) is 19.6 Å². The molecule has 2 N–H and O–H groups in total. The lowest BCUT2D eigenvalue weighted by molar-refractivity contribution is -0.124. The van der Waals surface area contributed by atoms with E-state index in [4.69, 9.17) is 0 Å². The van der Waals surface area contributed by atoms with Crippen LogP contribution in [0.3, 0.4) is 0 Å². The quantitative estimate of drug-likeness (QED) is 0.834. The Morgan fingerprint density at radius 3 is 2.71 bits per heavy atom. The number of nitrogens with zero attached hydrogens (tertiary/aromatic N) is 1. The van der Waals surface area contributed by atoms with Crippen LogP contribution in [-0.4, -0.2) is 39.4 Å². The van der Waals surface area contributed by atoms with E-state index >= 15 is 0 Å². The average molecular weight is 351 g/mol. The zero-order chi connectivity index (χ0) is 17.3. The summed E-state index contributed by atoms with van der Waals surface area (Å²) in [5, 5.41) is 2.66. The van der Waals surface area contributed by atoms with Crippen LogP contribution < -0.4 is 14.9 Å². The lowest BCUT2D eigenvalue weighted by atomic mass is 10.1. The number of amides is 2. The number of sulfonamides is 1. The molecule has 2 fully saturated rings. The molecule has 0 bridgehead atoms. The molecule has 3 rings (SSSR count). The van der Waals surface area contributed by atoms with Gasteiger partial charge in [0, 0.05) is 25.2 Å². The Morgan fingerprint density at radius 2 is 2.04 bits per heavy atom. The molecule has 0 aromatic heterocycles. The smallest absolute Gasteiger partial charge is 0.241 e. The molecule has 0 aliphatic carbocycles. The molecule has 2 aliphatic rings. The first-order valence-corrected chi connectivity index (χ1v) is 9.58. The number of benzene rings is 1. The SMILES string of the molecule is Cc1ccc(N2CCCC2=O)cc1S(=O)(=O)N[C@H]1CCCNC1=O. The summed E-state index contributed by atoms with van der Waals surface area (Å²) in [7, 11) is -3.84. The van der Waals surface area contributed by atoms with Gasteiger partial charge in [-0.2, -0.15) is 4.72 Å². The first kappa shape index (κ1) is 16.9. The Bertz CT molecular complexity index is 776. The number of carbonyl (C=O) groups is 2. The van der Waals surface area contributed by atoms with E-state index in [1.165, 1.54) is 6.07 Å². The predicted molar refractivity (Wildman–Crippen MR) is 89.1 cm³/mol. The number of aryl methyl sites for hydroxylation is 1. The molecule has 0 radical (unpaired) electrons. The molecular weight excluding hydrogens is 330 g/mol. The number of nitrogens with one attached hydrogen (secondary N) is 2. The van der Waals surface area contributed by atoms with Gasteiger partial charge in [0.2, 0.25) is 21.8 Å². The van der Waals surface area contributed by atoms with Gasteiger partial charge in [0.15, 0.2) is 0 Å². The van der Waals surface area contributed by atoms with E-state index in [0.717, 1.165) is 12.8 Å². The molecule has 2 saturated heterocycles. The highest BCUT2D eigenvalue weighted by Gasteiger charge is 2.29. The minimum absolute atomic E-state index is 0.00168. The van der Waals surface area contributed by atoms with E-state index in [0.29, 0.717) is 37.2 Å². The highest BCUT2D eigenvalue weighted by atomic mass is 32.2. The van der Waals surface area contributed by atoms with Crippen LogP contribution in [0.25, 0.3) is 0 Å². The Morgan fingerprint density at radius 1 is 1.25 bits per heavy atom. The van der Waals surface area contributed by atoms with Crippen molar-refractivity contribution in [3.63, 3.8) is 0 Å². The van der Waals surface area contributed by atoms with Gasteiger partial charge in [0.05, 0.1) is 4.90 Å².